The van der Waals surface area contributed by atoms with Gasteiger partial charge in [-0.25, -0.2) is 0 Å². The summed E-state index contributed by atoms with van der Waals surface area (Å²) in [6, 6.07) is 29.0. The van der Waals surface area contributed by atoms with Crippen LogP contribution in [-0.4, -0.2) is 4.98 Å². The highest BCUT2D eigenvalue weighted by Crippen LogP contribution is 2.34. The van der Waals surface area contributed by atoms with E-state index in [1.54, 1.807) is 0 Å². The Morgan fingerprint density at radius 1 is 0.560 bits per heavy atom. The van der Waals surface area contributed by atoms with Gasteiger partial charge in [-0.2, -0.15) is 0 Å². The van der Waals surface area contributed by atoms with Crippen LogP contribution in [0.3, 0.4) is 0 Å². The molecule has 0 aliphatic rings. The van der Waals surface area contributed by atoms with Crippen molar-refractivity contribution in [3.8, 4) is 22.4 Å². The normalized spacial score (nSPS) is 11.2. The zero-order valence-electron chi connectivity index (χ0n) is 13.5. The molecule has 2 nitrogen and oxygen atoms in total. The summed E-state index contributed by atoms with van der Waals surface area (Å²) in [6.45, 7) is 0. The number of nitrogens with zero attached hydrogens (tertiary/aromatic N) is 1. The molecule has 0 bridgehead atoms. The SMILES string of the molecule is c1ccc(-c2ccc3c(c2)oc2ccc(-c4ccccn4)cc23)cc1. The fraction of sp³-hybridized carbons (Fsp3) is 0. The molecule has 0 aliphatic heterocycles. The molecular formula is C23H15NO. The van der Waals surface area contributed by atoms with Gasteiger partial charge in [0, 0.05) is 22.5 Å². The first-order valence-electron chi connectivity index (χ1n) is 8.32. The van der Waals surface area contributed by atoms with Crippen LogP contribution in [0.2, 0.25) is 0 Å². The summed E-state index contributed by atoms with van der Waals surface area (Å²) in [5, 5.41) is 2.25. The van der Waals surface area contributed by atoms with Gasteiger partial charge in [0.25, 0.3) is 0 Å². The van der Waals surface area contributed by atoms with E-state index in [0.29, 0.717) is 0 Å². The predicted molar refractivity (Wildman–Crippen MR) is 102 cm³/mol. The molecular weight excluding hydrogens is 306 g/mol. The molecule has 5 aromatic rings. The van der Waals surface area contributed by atoms with E-state index in [1.807, 2.05) is 36.5 Å². The van der Waals surface area contributed by atoms with Gasteiger partial charge in [-0.15, -0.1) is 0 Å². The van der Waals surface area contributed by atoms with Gasteiger partial charge in [0.1, 0.15) is 11.2 Å². The Morgan fingerprint density at radius 2 is 1.40 bits per heavy atom. The van der Waals surface area contributed by atoms with E-state index in [4.69, 9.17) is 4.42 Å². The molecule has 0 aliphatic carbocycles. The van der Waals surface area contributed by atoms with Crippen LogP contribution in [0.4, 0.5) is 0 Å². The molecule has 2 heterocycles. The summed E-state index contributed by atoms with van der Waals surface area (Å²) in [5.41, 5.74) is 6.24. The van der Waals surface area contributed by atoms with E-state index in [1.165, 1.54) is 5.56 Å². The van der Waals surface area contributed by atoms with E-state index in [-0.39, 0.29) is 0 Å². The number of benzene rings is 3. The Kier molecular flexibility index (Phi) is 3.14. The molecule has 0 N–H and O–H groups in total. The lowest BCUT2D eigenvalue weighted by molar-refractivity contribution is 0.669. The lowest BCUT2D eigenvalue weighted by atomic mass is 10.0. The minimum atomic E-state index is 0.903. The summed E-state index contributed by atoms with van der Waals surface area (Å²) in [6.07, 6.45) is 1.82. The summed E-state index contributed by atoms with van der Waals surface area (Å²) in [4.78, 5) is 4.44. The number of hydrogen-bond acceptors (Lipinski definition) is 2. The quantitative estimate of drug-likeness (QED) is 0.380. The van der Waals surface area contributed by atoms with Crippen LogP contribution >= 0.6 is 0 Å². The average Bonchev–Trinajstić information content (AvgIpc) is 3.06. The highest BCUT2D eigenvalue weighted by Gasteiger charge is 2.10. The molecule has 25 heavy (non-hydrogen) atoms. The number of hydrogen-bond donors (Lipinski definition) is 0. The summed E-state index contributed by atoms with van der Waals surface area (Å²) < 4.78 is 6.09. The number of aromatic nitrogens is 1. The third-order valence-electron chi connectivity index (χ3n) is 4.54. The van der Waals surface area contributed by atoms with E-state index >= 15 is 0 Å². The third kappa shape index (κ3) is 2.39. The molecule has 118 valence electrons. The second-order valence-electron chi connectivity index (χ2n) is 6.10. The van der Waals surface area contributed by atoms with Gasteiger partial charge in [-0.05, 0) is 53.6 Å². The van der Waals surface area contributed by atoms with Crippen molar-refractivity contribution in [3.63, 3.8) is 0 Å². The topological polar surface area (TPSA) is 26.0 Å². The van der Waals surface area contributed by atoms with Gasteiger partial charge < -0.3 is 4.42 Å². The molecule has 5 rings (SSSR count). The lowest BCUT2D eigenvalue weighted by Crippen LogP contribution is -1.81. The Balaban J connectivity index is 1.69. The summed E-state index contributed by atoms with van der Waals surface area (Å²) in [5.74, 6) is 0. The molecule has 0 fully saturated rings. The number of furan rings is 1. The van der Waals surface area contributed by atoms with Gasteiger partial charge in [0.05, 0.1) is 5.69 Å². The monoisotopic (exact) mass is 321 g/mol. The van der Waals surface area contributed by atoms with E-state index in [2.05, 4.69) is 59.6 Å². The number of rotatable bonds is 2. The van der Waals surface area contributed by atoms with Gasteiger partial charge in [0.15, 0.2) is 0 Å². The highest BCUT2D eigenvalue weighted by atomic mass is 16.3. The van der Waals surface area contributed by atoms with Crippen LogP contribution in [0.25, 0.3) is 44.3 Å². The van der Waals surface area contributed by atoms with Gasteiger partial charge >= 0.3 is 0 Å². The Hall–Kier alpha value is -3.39. The highest BCUT2D eigenvalue weighted by molar-refractivity contribution is 6.07. The molecule has 2 heteroatoms. The molecule has 0 saturated carbocycles. The average molecular weight is 321 g/mol. The van der Waals surface area contributed by atoms with Crippen molar-refractivity contribution in [1.29, 1.82) is 0 Å². The smallest absolute Gasteiger partial charge is 0.136 e. The van der Waals surface area contributed by atoms with Crippen LogP contribution in [0.1, 0.15) is 0 Å². The van der Waals surface area contributed by atoms with E-state index < -0.39 is 0 Å². The standard InChI is InChI=1S/C23H15NO/c1-2-6-16(7-3-1)17-9-11-19-20-14-18(21-8-4-5-13-24-21)10-12-22(20)25-23(19)15-17/h1-15H. The van der Waals surface area contributed by atoms with Crippen LogP contribution in [0, 0.1) is 0 Å². The second-order valence-corrected chi connectivity index (χ2v) is 6.10. The molecule has 0 saturated heterocycles. The Labute approximate surface area is 145 Å². The zero-order valence-corrected chi connectivity index (χ0v) is 13.5. The van der Waals surface area contributed by atoms with E-state index in [9.17, 15) is 0 Å². The van der Waals surface area contributed by atoms with Crippen molar-refractivity contribution in [2.75, 3.05) is 0 Å². The fourth-order valence-electron chi connectivity index (χ4n) is 3.28. The molecule has 0 amide bonds. The fourth-order valence-corrected chi connectivity index (χ4v) is 3.28. The van der Waals surface area contributed by atoms with Crippen LogP contribution < -0.4 is 0 Å². The molecule has 0 unspecified atom stereocenters. The predicted octanol–water partition coefficient (Wildman–Crippen LogP) is 6.32. The minimum Gasteiger partial charge on any atom is -0.456 e. The maximum Gasteiger partial charge on any atom is 0.136 e. The zero-order chi connectivity index (χ0) is 16.6. The van der Waals surface area contributed by atoms with Crippen molar-refractivity contribution in [2.45, 2.75) is 0 Å². The van der Waals surface area contributed by atoms with Crippen molar-refractivity contribution in [1.82, 2.24) is 4.98 Å². The first kappa shape index (κ1) is 14.0. The van der Waals surface area contributed by atoms with Crippen LogP contribution in [0.15, 0.2) is 95.5 Å². The third-order valence-corrected chi connectivity index (χ3v) is 4.54. The maximum absolute atomic E-state index is 6.09. The first-order valence-corrected chi connectivity index (χ1v) is 8.32. The van der Waals surface area contributed by atoms with Crippen molar-refractivity contribution in [3.05, 3.63) is 91.1 Å². The molecule has 0 radical (unpaired) electrons. The maximum atomic E-state index is 6.09. The van der Waals surface area contributed by atoms with Gasteiger partial charge in [-0.3, -0.25) is 4.98 Å². The summed E-state index contributed by atoms with van der Waals surface area (Å²) in [7, 11) is 0. The molecule has 3 aromatic carbocycles. The van der Waals surface area contributed by atoms with E-state index in [0.717, 1.165) is 38.8 Å². The van der Waals surface area contributed by atoms with Crippen molar-refractivity contribution < 1.29 is 4.42 Å². The number of pyridine rings is 1. The largest absolute Gasteiger partial charge is 0.456 e. The molecule has 0 atom stereocenters. The number of fused-ring (bicyclic) bond motifs is 3. The Morgan fingerprint density at radius 3 is 2.24 bits per heavy atom. The van der Waals surface area contributed by atoms with Crippen molar-refractivity contribution in [2.24, 2.45) is 0 Å². The van der Waals surface area contributed by atoms with Crippen molar-refractivity contribution >= 4 is 21.9 Å². The van der Waals surface area contributed by atoms with Gasteiger partial charge in [0.2, 0.25) is 0 Å². The van der Waals surface area contributed by atoms with Crippen LogP contribution in [-0.2, 0) is 0 Å². The molecule has 0 spiro atoms. The first-order chi connectivity index (χ1) is 12.4. The second kappa shape index (κ2) is 5.60. The van der Waals surface area contributed by atoms with Crippen LogP contribution in [0.5, 0.6) is 0 Å². The summed E-state index contributed by atoms with van der Waals surface area (Å²) >= 11 is 0. The Bertz CT molecular complexity index is 1170. The molecule has 2 aromatic heterocycles. The lowest BCUT2D eigenvalue weighted by Gasteiger charge is -2.01. The minimum absolute atomic E-state index is 0.903. The van der Waals surface area contributed by atoms with Gasteiger partial charge in [-0.1, -0.05) is 42.5 Å².